The van der Waals surface area contributed by atoms with Crippen molar-refractivity contribution in [2.75, 3.05) is 26.2 Å². The van der Waals surface area contributed by atoms with Crippen LogP contribution in [0.1, 0.15) is 42.6 Å². The Hall–Kier alpha value is -1.85. The summed E-state index contributed by atoms with van der Waals surface area (Å²) in [6.07, 6.45) is 0.826. The summed E-state index contributed by atoms with van der Waals surface area (Å²) in [5.41, 5.74) is 1.02. The van der Waals surface area contributed by atoms with Crippen molar-refractivity contribution in [1.82, 2.24) is 15.0 Å². The van der Waals surface area contributed by atoms with E-state index in [1.54, 1.807) is 16.7 Å². The molecule has 6 nitrogen and oxygen atoms in total. The SMILES string of the molecule is Cc1onc(C(C)(C)C)c1C(=O)N1CCN(C=O)CC1. The smallest absolute Gasteiger partial charge is 0.259 e. The fraction of sp³-hybridized carbons (Fsp3) is 0.643. The van der Waals surface area contributed by atoms with Gasteiger partial charge in [-0.15, -0.1) is 0 Å². The van der Waals surface area contributed by atoms with Crippen molar-refractivity contribution in [2.24, 2.45) is 0 Å². The van der Waals surface area contributed by atoms with Gasteiger partial charge in [0.05, 0.1) is 0 Å². The average molecular weight is 279 g/mol. The van der Waals surface area contributed by atoms with Gasteiger partial charge in [-0.1, -0.05) is 25.9 Å². The van der Waals surface area contributed by atoms with Crippen molar-refractivity contribution < 1.29 is 14.1 Å². The molecule has 1 aliphatic rings. The highest BCUT2D eigenvalue weighted by molar-refractivity contribution is 5.96. The molecule has 0 unspecified atom stereocenters. The first-order valence-electron chi connectivity index (χ1n) is 6.80. The molecule has 2 amide bonds. The highest BCUT2D eigenvalue weighted by Gasteiger charge is 2.32. The second-order valence-corrected chi connectivity index (χ2v) is 6.15. The third-order valence-electron chi connectivity index (χ3n) is 3.54. The topological polar surface area (TPSA) is 66.7 Å². The van der Waals surface area contributed by atoms with E-state index in [2.05, 4.69) is 5.16 Å². The number of piperazine rings is 1. The number of carbonyl (C=O) groups is 2. The van der Waals surface area contributed by atoms with E-state index < -0.39 is 0 Å². The van der Waals surface area contributed by atoms with Crippen molar-refractivity contribution in [2.45, 2.75) is 33.1 Å². The first-order chi connectivity index (χ1) is 9.34. The van der Waals surface area contributed by atoms with Crippen LogP contribution in [0.25, 0.3) is 0 Å². The molecule has 2 heterocycles. The number of hydrogen-bond donors (Lipinski definition) is 0. The van der Waals surface area contributed by atoms with E-state index in [4.69, 9.17) is 4.52 Å². The van der Waals surface area contributed by atoms with E-state index in [0.29, 0.717) is 43.2 Å². The Morgan fingerprint density at radius 1 is 1.25 bits per heavy atom. The summed E-state index contributed by atoms with van der Waals surface area (Å²) >= 11 is 0. The fourth-order valence-electron chi connectivity index (χ4n) is 2.32. The van der Waals surface area contributed by atoms with E-state index in [0.717, 1.165) is 6.41 Å². The van der Waals surface area contributed by atoms with Crippen LogP contribution in [0.15, 0.2) is 4.52 Å². The van der Waals surface area contributed by atoms with Crippen molar-refractivity contribution in [3.05, 3.63) is 17.0 Å². The first kappa shape index (κ1) is 14.6. The van der Waals surface area contributed by atoms with Gasteiger partial charge in [0.15, 0.2) is 0 Å². The number of aromatic nitrogens is 1. The van der Waals surface area contributed by atoms with Gasteiger partial charge < -0.3 is 14.3 Å². The minimum absolute atomic E-state index is 0.0563. The van der Waals surface area contributed by atoms with Gasteiger partial charge in [0.1, 0.15) is 17.0 Å². The highest BCUT2D eigenvalue weighted by Crippen LogP contribution is 2.28. The number of rotatable bonds is 2. The van der Waals surface area contributed by atoms with E-state index in [9.17, 15) is 9.59 Å². The van der Waals surface area contributed by atoms with Crippen LogP contribution in [-0.2, 0) is 10.2 Å². The molecule has 0 radical (unpaired) electrons. The highest BCUT2D eigenvalue weighted by atomic mass is 16.5. The van der Waals surface area contributed by atoms with E-state index in [1.165, 1.54) is 0 Å². The molecule has 0 bridgehead atoms. The summed E-state index contributed by atoms with van der Waals surface area (Å²) in [6.45, 7) is 10.0. The van der Waals surface area contributed by atoms with E-state index in [1.807, 2.05) is 20.8 Å². The maximum Gasteiger partial charge on any atom is 0.259 e. The zero-order chi connectivity index (χ0) is 14.9. The largest absolute Gasteiger partial charge is 0.361 e. The Labute approximate surface area is 118 Å². The minimum atomic E-state index is -0.243. The van der Waals surface area contributed by atoms with Gasteiger partial charge in [-0.05, 0) is 6.92 Å². The Balaban J connectivity index is 2.22. The van der Waals surface area contributed by atoms with Gasteiger partial charge in [-0.3, -0.25) is 9.59 Å². The lowest BCUT2D eigenvalue weighted by Gasteiger charge is -2.32. The number of hydrogen-bond acceptors (Lipinski definition) is 4. The minimum Gasteiger partial charge on any atom is -0.361 e. The third kappa shape index (κ3) is 2.69. The zero-order valence-corrected chi connectivity index (χ0v) is 12.5. The second-order valence-electron chi connectivity index (χ2n) is 6.15. The van der Waals surface area contributed by atoms with Gasteiger partial charge in [-0.25, -0.2) is 0 Å². The normalized spacial score (nSPS) is 16.4. The molecule has 20 heavy (non-hydrogen) atoms. The lowest BCUT2D eigenvalue weighted by molar-refractivity contribution is -0.119. The van der Waals surface area contributed by atoms with Crippen LogP contribution in [-0.4, -0.2) is 53.5 Å². The molecule has 2 rings (SSSR count). The molecule has 0 aliphatic carbocycles. The summed E-state index contributed by atoms with van der Waals surface area (Å²) < 4.78 is 5.21. The molecule has 0 spiro atoms. The van der Waals surface area contributed by atoms with Crippen LogP contribution in [0.4, 0.5) is 0 Å². The summed E-state index contributed by atoms with van der Waals surface area (Å²) in [6, 6.07) is 0. The summed E-state index contributed by atoms with van der Waals surface area (Å²) in [5.74, 6) is 0.497. The monoisotopic (exact) mass is 279 g/mol. The zero-order valence-electron chi connectivity index (χ0n) is 12.5. The molecule has 110 valence electrons. The molecule has 0 saturated carbocycles. The lowest BCUT2D eigenvalue weighted by atomic mass is 9.88. The Morgan fingerprint density at radius 3 is 2.35 bits per heavy atom. The van der Waals surface area contributed by atoms with Crippen molar-refractivity contribution >= 4 is 12.3 Å². The van der Waals surface area contributed by atoms with E-state index in [-0.39, 0.29) is 11.3 Å². The van der Waals surface area contributed by atoms with Gasteiger partial charge in [0.25, 0.3) is 5.91 Å². The molecule has 1 aromatic heterocycles. The lowest BCUT2D eigenvalue weighted by Crippen LogP contribution is -2.48. The fourth-order valence-corrected chi connectivity index (χ4v) is 2.32. The number of aryl methyl sites for hydroxylation is 1. The molecular weight excluding hydrogens is 258 g/mol. The number of nitrogens with zero attached hydrogens (tertiary/aromatic N) is 3. The summed E-state index contributed by atoms with van der Waals surface area (Å²) in [4.78, 5) is 26.8. The van der Waals surface area contributed by atoms with Gasteiger partial charge in [-0.2, -0.15) is 0 Å². The predicted octanol–water partition coefficient (Wildman–Crippen LogP) is 1.19. The number of amides is 2. The number of carbonyl (C=O) groups excluding carboxylic acids is 2. The van der Waals surface area contributed by atoms with Gasteiger partial charge in [0.2, 0.25) is 6.41 Å². The molecule has 0 atom stereocenters. The van der Waals surface area contributed by atoms with Crippen molar-refractivity contribution in [3.8, 4) is 0 Å². The summed E-state index contributed by atoms with van der Waals surface area (Å²) in [5, 5.41) is 4.04. The van der Waals surface area contributed by atoms with E-state index >= 15 is 0 Å². The van der Waals surface area contributed by atoms with Crippen molar-refractivity contribution in [1.29, 1.82) is 0 Å². The Kier molecular flexibility index (Phi) is 3.83. The molecule has 6 heteroatoms. The molecule has 0 N–H and O–H groups in total. The molecular formula is C14H21N3O3. The molecule has 1 saturated heterocycles. The Morgan fingerprint density at radius 2 is 1.85 bits per heavy atom. The third-order valence-corrected chi connectivity index (χ3v) is 3.54. The molecule has 1 fully saturated rings. The average Bonchev–Trinajstić information content (AvgIpc) is 2.80. The predicted molar refractivity (Wildman–Crippen MR) is 73.5 cm³/mol. The van der Waals surface area contributed by atoms with Crippen LogP contribution < -0.4 is 0 Å². The second kappa shape index (κ2) is 5.26. The van der Waals surface area contributed by atoms with Crippen LogP contribution >= 0.6 is 0 Å². The first-order valence-corrected chi connectivity index (χ1v) is 6.80. The quantitative estimate of drug-likeness (QED) is 0.763. The maximum absolute atomic E-state index is 12.7. The molecule has 0 aromatic carbocycles. The summed E-state index contributed by atoms with van der Waals surface area (Å²) in [7, 11) is 0. The van der Waals surface area contributed by atoms with Crippen LogP contribution in [0.3, 0.4) is 0 Å². The van der Waals surface area contributed by atoms with Crippen LogP contribution in [0.2, 0.25) is 0 Å². The molecule has 1 aliphatic heterocycles. The standard InChI is InChI=1S/C14H21N3O3/c1-10-11(12(15-20-10)14(2,3)4)13(19)17-7-5-16(9-18)6-8-17/h9H,5-8H2,1-4H3. The van der Waals surface area contributed by atoms with Crippen LogP contribution in [0.5, 0.6) is 0 Å². The van der Waals surface area contributed by atoms with Gasteiger partial charge >= 0.3 is 0 Å². The van der Waals surface area contributed by atoms with Crippen molar-refractivity contribution in [3.63, 3.8) is 0 Å². The maximum atomic E-state index is 12.7. The van der Waals surface area contributed by atoms with Gasteiger partial charge in [0, 0.05) is 31.6 Å². The Bertz CT molecular complexity index is 508. The van der Waals surface area contributed by atoms with Crippen LogP contribution in [0, 0.1) is 6.92 Å². The molecule has 1 aromatic rings.